The number of carbonyl (C=O) groups is 1. The van der Waals surface area contributed by atoms with Crippen molar-refractivity contribution in [2.24, 2.45) is 5.92 Å². The minimum atomic E-state index is -1.10. The summed E-state index contributed by atoms with van der Waals surface area (Å²) in [7, 11) is 0. The van der Waals surface area contributed by atoms with Crippen molar-refractivity contribution in [2.75, 3.05) is 5.32 Å². The second-order valence-corrected chi connectivity index (χ2v) is 8.44. The van der Waals surface area contributed by atoms with Crippen molar-refractivity contribution >= 4 is 29.1 Å². The average molecular weight is 508 g/mol. The average Bonchev–Trinajstić information content (AvgIpc) is 2.87. The Morgan fingerprint density at radius 1 is 1.08 bits per heavy atom. The Hall–Kier alpha value is -4.44. The maximum Gasteiger partial charge on any atom is 0.332 e. The largest absolute Gasteiger partial charge is 0.481 e. The molecule has 4 rings (SSSR count). The number of aromatic nitrogens is 4. The molecule has 0 unspecified atom stereocenters. The maximum atomic E-state index is 13.3. The van der Waals surface area contributed by atoms with Gasteiger partial charge in [-0.2, -0.15) is 0 Å². The van der Waals surface area contributed by atoms with Crippen molar-refractivity contribution in [1.29, 1.82) is 0 Å². The molecule has 10 nitrogen and oxygen atoms in total. The number of carboxylic acid groups (broad SMARTS) is 1. The van der Waals surface area contributed by atoms with Crippen molar-refractivity contribution < 1.29 is 14.6 Å². The van der Waals surface area contributed by atoms with Gasteiger partial charge in [-0.15, -0.1) is 0 Å². The van der Waals surface area contributed by atoms with E-state index in [1.165, 1.54) is 30.0 Å². The normalized spacial score (nSPS) is 11.6. The number of ether oxygens (including phenoxy) is 1. The fraction of sp³-hybridized carbons (Fsp3) is 0.160. The van der Waals surface area contributed by atoms with Gasteiger partial charge in [-0.3, -0.25) is 23.7 Å². The molecule has 0 radical (unpaired) electrons. The summed E-state index contributed by atoms with van der Waals surface area (Å²) in [6.45, 7) is 1.32. The topological polar surface area (TPSA) is 128 Å². The molecule has 0 saturated heterocycles. The monoisotopic (exact) mass is 507 g/mol. The second kappa shape index (κ2) is 10.9. The zero-order valence-corrected chi connectivity index (χ0v) is 19.9. The first-order valence-electron chi connectivity index (χ1n) is 10.9. The number of hydrogen-bond acceptors (Lipinski definition) is 7. The Labute approximate surface area is 210 Å². The smallest absolute Gasteiger partial charge is 0.332 e. The molecule has 2 aromatic carbocycles. The fourth-order valence-electron chi connectivity index (χ4n) is 3.38. The highest BCUT2D eigenvalue weighted by molar-refractivity contribution is 6.30. The Balaban J connectivity index is 1.66. The van der Waals surface area contributed by atoms with Crippen LogP contribution in [-0.2, 0) is 17.9 Å². The zero-order valence-electron chi connectivity index (χ0n) is 19.2. The van der Waals surface area contributed by atoms with Crippen LogP contribution in [0.15, 0.2) is 82.8 Å². The van der Waals surface area contributed by atoms with Crippen LogP contribution in [0.3, 0.4) is 0 Å². The van der Waals surface area contributed by atoms with E-state index in [-0.39, 0.29) is 18.9 Å². The fourth-order valence-corrected chi connectivity index (χ4v) is 3.50. The summed E-state index contributed by atoms with van der Waals surface area (Å²) in [5.41, 5.74) is 0.136. The van der Waals surface area contributed by atoms with Gasteiger partial charge in [0.15, 0.2) is 0 Å². The van der Waals surface area contributed by atoms with E-state index in [0.29, 0.717) is 22.3 Å². The Morgan fingerprint density at radius 2 is 1.81 bits per heavy atom. The van der Waals surface area contributed by atoms with Crippen molar-refractivity contribution in [1.82, 2.24) is 19.1 Å². The molecular formula is C25H22ClN5O5. The highest BCUT2D eigenvalue weighted by atomic mass is 35.5. The number of nitrogens with one attached hydrogen (secondary N) is 1. The van der Waals surface area contributed by atoms with Crippen LogP contribution in [-0.4, -0.2) is 30.2 Å². The number of benzene rings is 2. The minimum absolute atomic E-state index is 0.133. The van der Waals surface area contributed by atoms with Crippen LogP contribution in [0.4, 0.5) is 11.5 Å². The van der Waals surface area contributed by atoms with Crippen LogP contribution in [0.2, 0.25) is 5.02 Å². The van der Waals surface area contributed by atoms with Crippen LogP contribution in [0, 0.1) is 5.92 Å². The number of carboxylic acids is 1. The molecule has 0 bridgehead atoms. The first-order chi connectivity index (χ1) is 17.3. The molecule has 2 N–H and O–H groups in total. The molecule has 0 spiro atoms. The molecule has 0 aliphatic carbocycles. The molecule has 0 amide bonds. The van der Waals surface area contributed by atoms with E-state index in [1.807, 2.05) is 0 Å². The summed E-state index contributed by atoms with van der Waals surface area (Å²) >= 11 is 5.98. The lowest BCUT2D eigenvalue weighted by Gasteiger charge is -2.18. The van der Waals surface area contributed by atoms with E-state index in [1.54, 1.807) is 54.7 Å². The summed E-state index contributed by atoms with van der Waals surface area (Å²) < 4.78 is 7.94. The predicted octanol–water partition coefficient (Wildman–Crippen LogP) is 3.76. The van der Waals surface area contributed by atoms with Crippen LogP contribution in [0.5, 0.6) is 11.6 Å². The van der Waals surface area contributed by atoms with Gasteiger partial charge in [0.2, 0.25) is 5.88 Å². The van der Waals surface area contributed by atoms with Gasteiger partial charge in [-0.25, -0.2) is 9.78 Å². The molecule has 4 aromatic rings. The Morgan fingerprint density at radius 3 is 2.44 bits per heavy atom. The molecule has 2 aromatic heterocycles. The van der Waals surface area contributed by atoms with E-state index in [0.717, 1.165) is 10.1 Å². The third-order valence-corrected chi connectivity index (χ3v) is 5.55. The summed E-state index contributed by atoms with van der Waals surface area (Å²) in [5.74, 6) is -0.898. The van der Waals surface area contributed by atoms with Crippen LogP contribution in [0.25, 0.3) is 0 Å². The molecule has 0 aliphatic rings. The van der Waals surface area contributed by atoms with Crippen LogP contribution in [0.1, 0.15) is 12.5 Å². The number of rotatable bonds is 9. The van der Waals surface area contributed by atoms with Gasteiger partial charge in [0.25, 0.3) is 5.56 Å². The zero-order chi connectivity index (χ0) is 25.7. The van der Waals surface area contributed by atoms with Gasteiger partial charge in [0.1, 0.15) is 11.6 Å². The number of halogens is 1. The predicted molar refractivity (Wildman–Crippen MR) is 134 cm³/mol. The number of aliphatic carboxylic acids is 1. The first kappa shape index (κ1) is 24.7. The van der Waals surface area contributed by atoms with Gasteiger partial charge < -0.3 is 15.2 Å². The van der Waals surface area contributed by atoms with Crippen molar-refractivity contribution in [3.63, 3.8) is 0 Å². The Bertz CT molecular complexity index is 1470. The highest BCUT2D eigenvalue weighted by Gasteiger charge is 2.18. The van der Waals surface area contributed by atoms with E-state index >= 15 is 0 Å². The molecule has 0 aliphatic heterocycles. The van der Waals surface area contributed by atoms with E-state index in [9.17, 15) is 19.5 Å². The van der Waals surface area contributed by atoms with Crippen LogP contribution >= 0.6 is 11.6 Å². The second-order valence-electron chi connectivity index (χ2n) is 8.01. The van der Waals surface area contributed by atoms with Crippen molar-refractivity contribution in [2.45, 2.75) is 20.0 Å². The van der Waals surface area contributed by atoms with E-state index < -0.39 is 23.1 Å². The standard InChI is InChI=1S/C25H22ClN5O5/c1-16(24(33)34)14-31-23(32)12-21(30(25(31)35)15-17-2-4-18(26)5-3-17)29-19-6-8-20(9-7-19)36-22-13-27-10-11-28-22/h2-13,16,29H,14-15H2,1H3,(H,33,34)/t16-/m0/s1. The van der Waals surface area contributed by atoms with Gasteiger partial charge in [-0.05, 0) is 42.0 Å². The lowest BCUT2D eigenvalue weighted by Crippen LogP contribution is -2.42. The van der Waals surface area contributed by atoms with Gasteiger partial charge in [0.05, 0.1) is 18.7 Å². The lowest BCUT2D eigenvalue weighted by atomic mass is 10.2. The van der Waals surface area contributed by atoms with Crippen molar-refractivity contribution in [3.8, 4) is 11.6 Å². The van der Waals surface area contributed by atoms with Crippen molar-refractivity contribution in [3.05, 3.63) is 105 Å². The molecule has 2 heterocycles. The number of hydrogen-bond donors (Lipinski definition) is 2. The highest BCUT2D eigenvalue weighted by Crippen LogP contribution is 2.23. The number of anilines is 2. The molecule has 184 valence electrons. The van der Waals surface area contributed by atoms with E-state index in [4.69, 9.17) is 16.3 Å². The third kappa shape index (κ3) is 5.97. The van der Waals surface area contributed by atoms with Crippen LogP contribution < -0.4 is 21.3 Å². The lowest BCUT2D eigenvalue weighted by molar-refractivity contribution is -0.141. The molecule has 11 heteroatoms. The summed E-state index contributed by atoms with van der Waals surface area (Å²) in [6, 6.07) is 15.1. The minimum Gasteiger partial charge on any atom is -0.481 e. The Kier molecular flexibility index (Phi) is 7.45. The quantitative estimate of drug-likeness (QED) is 0.350. The molecule has 36 heavy (non-hydrogen) atoms. The summed E-state index contributed by atoms with van der Waals surface area (Å²) in [4.78, 5) is 45.4. The SMILES string of the molecule is C[C@@H](Cn1c(=O)cc(Nc2ccc(Oc3cnccn3)cc2)n(Cc2ccc(Cl)cc2)c1=O)C(=O)O. The van der Waals surface area contributed by atoms with Gasteiger partial charge in [0, 0.05) is 35.7 Å². The van der Waals surface area contributed by atoms with E-state index in [2.05, 4.69) is 15.3 Å². The molecule has 0 saturated carbocycles. The molecule has 1 atom stereocenters. The molecular weight excluding hydrogens is 486 g/mol. The first-order valence-corrected chi connectivity index (χ1v) is 11.3. The molecule has 0 fully saturated rings. The number of nitrogens with zero attached hydrogens (tertiary/aromatic N) is 4. The van der Waals surface area contributed by atoms with Gasteiger partial charge in [-0.1, -0.05) is 30.7 Å². The third-order valence-electron chi connectivity index (χ3n) is 5.30. The summed E-state index contributed by atoms with van der Waals surface area (Å²) in [6.07, 6.45) is 4.55. The van der Waals surface area contributed by atoms with Gasteiger partial charge >= 0.3 is 11.7 Å². The maximum absolute atomic E-state index is 13.3. The summed E-state index contributed by atoms with van der Waals surface area (Å²) in [5, 5.41) is 12.9.